The van der Waals surface area contributed by atoms with E-state index in [2.05, 4.69) is 10.3 Å². The highest BCUT2D eigenvalue weighted by atomic mass is 32.1. The predicted molar refractivity (Wildman–Crippen MR) is 84.1 cm³/mol. The molecule has 0 aliphatic rings. The molecule has 1 aromatic carbocycles. The Labute approximate surface area is 131 Å². The van der Waals surface area contributed by atoms with E-state index in [4.69, 9.17) is 0 Å². The van der Waals surface area contributed by atoms with Gasteiger partial charge in [0.2, 0.25) is 0 Å². The highest BCUT2D eigenvalue weighted by molar-refractivity contribution is 7.09. The van der Waals surface area contributed by atoms with Crippen LogP contribution in [-0.2, 0) is 6.54 Å². The third-order valence-corrected chi connectivity index (χ3v) is 3.93. The first kappa shape index (κ1) is 14.2. The molecule has 0 atom stereocenters. The maximum absolute atomic E-state index is 12.0. The summed E-state index contributed by atoms with van der Waals surface area (Å²) in [5.41, 5.74) is 2.41. The fourth-order valence-corrected chi connectivity index (χ4v) is 2.70. The molecule has 0 aliphatic carbocycles. The molecule has 2 aromatic heterocycles. The Bertz CT molecular complexity index is 770. The molecule has 0 spiro atoms. The number of nitrogens with one attached hydrogen (secondary N) is 1. The van der Waals surface area contributed by atoms with Crippen molar-refractivity contribution in [2.24, 2.45) is 0 Å². The van der Waals surface area contributed by atoms with Crippen molar-refractivity contribution in [3.63, 3.8) is 0 Å². The van der Waals surface area contributed by atoms with Gasteiger partial charge in [-0.25, -0.2) is 4.98 Å². The van der Waals surface area contributed by atoms with Crippen molar-refractivity contribution in [3.05, 3.63) is 76.0 Å². The molecular formula is C16H13N3O2S. The van der Waals surface area contributed by atoms with Crippen LogP contribution in [0.5, 0.6) is 0 Å². The molecule has 3 aromatic rings. The summed E-state index contributed by atoms with van der Waals surface area (Å²) in [4.78, 5) is 16.5. The molecule has 1 N–H and O–H groups in total. The van der Waals surface area contributed by atoms with Crippen LogP contribution >= 0.6 is 11.3 Å². The molecule has 0 aliphatic heterocycles. The lowest BCUT2D eigenvalue weighted by Crippen LogP contribution is -2.27. The van der Waals surface area contributed by atoms with Gasteiger partial charge in [0.05, 0.1) is 17.8 Å². The smallest absolute Gasteiger partial charge is 0.252 e. The van der Waals surface area contributed by atoms with Gasteiger partial charge in [-0.2, -0.15) is 4.73 Å². The van der Waals surface area contributed by atoms with Crippen LogP contribution in [0.1, 0.15) is 15.4 Å². The van der Waals surface area contributed by atoms with E-state index in [1.807, 2.05) is 35.7 Å². The molecule has 0 bridgehead atoms. The van der Waals surface area contributed by atoms with E-state index in [9.17, 15) is 10.0 Å². The summed E-state index contributed by atoms with van der Waals surface area (Å²) in [5.74, 6) is -0.225. The Hall–Kier alpha value is -2.73. The average molecular weight is 311 g/mol. The van der Waals surface area contributed by atoms with Crippen molar-refractivity contribution < 1.29 is 9.52 Å². The van der Waals surface area contributed by atoms with Gasteiger partial charge in [-0.3, -0.25) is 4.79 Å². The molecule has 5 nitrogen and oxygen atoms in total. The zero-order valence-corrected chi connectivity index (χ0v) is 12.4. The number of amides is 1. The van der Waals surface area contributed by atoms with Gasteiger partial charge >= 0.3 is 0 Å². The lowest BCUT2D eigenvalue weighted by atomic mass is 10.2. The zero-order valence-electron chi connectivity index (χ0n) is 11.6. The molecule has 6 heteroatoms. The van der Waals surface area contributed by atoms with Crippen LogP contribution in [0.3, 0.4) is 0 Å². The Morgan fingerprint density at radius 1 is 1.18 bits per heavy atom. The van der Waals surface area contributed by atoms with E-state index in [0.717, 1.165) is 16.3 Å². The second-order valence-electron chi connectivity index (χ2n) is 4.62. The standard InChI is InChI=1S/C16H13N3O2S/c20-16(13-6-8-19(21)9-7-13)17-10-15-18-14(11-22-15)12-4-2-1-3-5-12/h1-9,11H,10H2,(H,17,20). The van der Waals surface area contributed by atoms with Gasteiger partial charge in [0.15, 0.2) is 12.4 Å². The molecule has 0 radical (unpaired) electrons. The third-order valence-electron chi connectivity index (χ3n) is 3.09. The Morgan fingerprint density at radius 3 is 2.64 bits per heavy atom. The topological polar surface area (TPSA) is 68.9 Å². The monoisotopic (exact) mass is 311 g/mol. The fourth-order valence-electron chi connectivity index (χ4n) is 1.96. The van der Waals surface area contributed by atoms with Gasteiger partial charge in [-0.15, -0.1) is 11.3 Å². The second kappa shape index (κ2) is 6.36. The molecule has 0 saturated carbocycles. The number of pyridine rings is 1. The minimum atomic E-state index is -0.225. The summed E-state index contributed by atoms with van der Waals surface area (Å²) in [6.07, 6.45) is 2.59. The second-order valence-corrected chi connectivity index (χ2v) is 5.56. The maximum atomic E-state index is 12.0. The Morgan fingerprint density at radius 2 is 1.91 bits per heavy atom. The molecule has 2 heterocycles. The van der Waals surface area contributed by atoms with Crippen molar-refractivity contribution >= 4 is 17.2 Å². The lowest BCUT2D eigenvalue weighted by molar-refractivity contribution is -0.605. The van der Waals surface area contributed by atoms with Crippen LogP contribution in [0.25, 0.3) is 11.3 Å². The van der Waals surface area contributed by atoms with Crippen molar-refractivity contribution in [3.8, 4) is 11.3 Å². The first-order chi connectivity index (χ1) is 10.7. The summed E-state index contributed by atoms with van der Waals surface area (Å²) >= 11 is 1.50. The van der Waals surface area contributed by atoms with Crippen molar-refractivity contribution in [2.75, 3.05) is 0 Å². The quantitative estimate of drug-likeness (QED) is 0.594. The zero-order chi connectivity index (χ0) is 15.4. The molecule has 110 valence electrons. The largest absolute Gasteiger partial charge is 0.619 e. The summed E-state index contributed by atoms with van der Waals surface area (Å²) in [6.45, 7) is 0.364. The lowest BCUT2D eigenvalue weighted by Gasteiger charge is -2.02. The number of benzene rings is 1. The van der Waals surface area contributed by atoms with E-state index in [1.54, 1.807) is 0 Å². The molecule has 0 unspecified atom stereocenters. The summed E-state index contributed by atoms with van der Waals surface area (Å²) in [5, 5.41) is 16.5. The van der Waals surface area contributed by atoms with Gasteiger partial charge in [0.1, 0.15) is 5.01 Å². The Balaban J connectivity index is 1.64. The predicted octanol–water partition coefficient (Wildman–Crippen LogP) is 2.37. The number of carbonyl (C=O) groups is 1. The van der Waals surface area contributed by atoms with E-state index >= 15 is 0 Å². The van der Waals surface area contributed by atoms with Gasteiger partial charge in [-0.1, -0.05) is 30.3 Å². The SMILES string of the molecule is O=C(NCc1nc(-c2ccccc2)cs1)c1cc[n+]([O-])cc1. The summed E-state index contributed by atoms with van der Waals surface area (Å²) < 4.78 is 0.643. The van der Waals surface area contributed by atoms with Crippen molar-refractivity contribution in [2.45, 2.75) is 6.54 Å². The number of thiazole rings is 1. The van der Waals surface area contributed by atoms with Gasteiger partial charge in [0.25, 0.3) is 5.91 Å². The molecule has 3 rings (SSSR count). The summed E-state index contributed by atoms with van der Waals surface area (Å²) in [7, 11) is 0. The summed E-state index contributed by atoms with van der Waals surface area (Å²) in [6, 6.07) is 12.9. The minimum Gasteiger partial charge on any atom is -0.619 e. The van der Waals surface area contributed by atoms with Crippen LogP contribution < -0.4 is 10.0 Å². The number of nitrogens with zero attached hydrogens (tertiary/aromatic N) is 2. The molecular weight excluding hydrogens is 298 g/mol. The number of carbonyl (C=O) groups excluding carboxylic acids is 1. The average Bonchev–Trinajstić information content (AvgIpc) is 3.03. The minimum absolute atomic E-state index is 0.225. The normalized spacial score (nSPS) is 10.4. The van der Waals surface area contributed by atoms with Crippen molar-refractivity contribution in [1.29, 1.82) is 0 Å². The van der Waals surface area contributed by atoms with E-state index in [-0.39, 0.29) is 5.91 Å². The third kappa shape index (κ3) is 3.29. The van der Waals surface area contributed by atoms with Gasteiger partial charge in [0, 0.05) is 23.1 Å². The fraction of sp³-hybridized carbons (Fsp3) is 0.0625. The first-order valence-corrected chi connectivity index (χ1v) is 7.57. The van der Waals surface area contributed by atoms with E-state index in [0.29, 0.717) is 16.8 Å². The number of hydrogen-bond donors (Lipinski definition) is 1. The van der Waals surface area contributed by atoms with Crippen LogP contribution in [0.4, 0.5) is 0 Å². The van der Waals surface area contributed by atoms with Gasteiger partial charge in [-0.05, 0) is 0 Å². The van der Waals surface area contributed by atoms with Crippen molar-refractivity contribution in [1.82, 2.24) is 10.3 Å². The highest BCUT2D eigenvalue weighted by Gasteiger charge is 2.09. The van der Waals surface area contributed by atoms with E-state index < -0.39 is 0 Å². The molecule has 22 heavy (non-hydrogen) atoms. The number of rotatable bonds is 4. The molecule has 0 saturated heterocycles. The molecule has 1 amide bonds. The van der Waals surface area contributed by atoms with Gasteiger partial charge < -0.3 is 10.5 Å². The number of hydrogen-bond acceptors (Lipinski definition) is 4. The first-order valence-electron chi connectivity index (χ1n) is 6.69. The van der Waals surface area contributed by atoms with Crippen LogP contribution in [0.2, 0.25) is 0 Å². The van der Waals surface area contributed by atoms with E-state index in [1.165, 1.54) is 35.9 Å². The Kier molecular flexibility index (Phi) is 4.11. The van der Waals surface area contributed by atoms with Crippen LogP contribution in [0, 0.1) is 5.21 Å². The number of aromatic nitrogens is 2. The van der Waals surface area contributed by atoms with Crippen LogP contribution in [-0.4, -0.2) is 10.9 Å². The highest BCUT2D eigenvalue weighted by Crippen LogP contribution is 2.21. The van der Waals surface area contributed by atoms with Crippen LogP contribution in [0.15, 0.2) is 60.2 Å². The molecule has 0 fully saturated rings. The maximum Gasteiger partial charge on any atom is 0.252 e.